The maximum atomic E-state index is 11.7. The van der Waals surface area contributed by atoms with Gasteiger partial charge in [-0.3, -0.25) is 10.2 Å². The van der Waals surface area contributed by atoms with Crippen molar-refractivity contribution in [2.45, 2.75) is 6.54 Å². The predicted octanol–water partition coefficient (Wildman–Crippen LogP) is 3.01. The van der Waals surface area contributed by atoms with Crippen molar-refractivity contribution < 1.29 is 4.79 Å². The summed E-state index contributed by atoms with van der Waals surface area (Å²) in [5.41, 5.74) is 4.21. The maximum Gasteiger partial charge on any atom is 0.275 e. The molecule has 0 aliphatic carbocycles. The summed E-state index contributed by atoms with van der Waals surface area (Å²) < 4.78 is 2.08. The van der Waals surface area contributed by atoms with Gasteiger partial charge in [-0.25, -0.2) is 5.84 Å². The molecule has 3 rings (SSSR count). The number of hydrogen-bond acceptors (Lipinski definition) is 3. The molecule has 3 N–H and O–H groups in total. The number of fused-ring (bicyclic) bond motifs is 1. The van der Waals surface area contributed by atoms with Crippen LogP contribution in [0, 0.1) is 0 Å². The second kappa shape index (κ2) is 5.28. The van der Waals surface area contributed by atoms with E-state index in [0.29, 0.717) is 16.4 Å². The first kappa shape index (κ1) is 13.2. The highest BCUT2D eigenvalue weighted by Gasteiger charge is 2.13. The Morgan fingerprint density at radius 2 is 2.20 bits per heavy atom. The van der Waals surface area contributed by atoms with Gasteiger partial charge in [0.1, 0.15) is 0 Å². The van der Waals surface area contributed by atoms with E-state index in [1.165, 1.54) is 11.3 Å². The standard InChI is InChI=1S/C14H12ClN3OS/c15-11-1-2-12-9(7-11)3-5-18(12)8-10-4-6-20-13(10)14(19)17-16/h1-7H,8,16H2,(H,17,19). The lowest BCUT2D eigenvalue weighted by Gasteiger charge is -2.06. The van der Waals surface area contributed by atoms with Crippen molar-refractivity contribution in [3.05, 3.63) is 57.4 Å². The van der Waals surface area contributed by atoms with E-state index in [1.807, 2.05) is 41.9 Å². The molecule has 0 saturated heterocycles. The van der Waals surface area contributed by atoms with E-state index in [2.05, 4.69) is 9.99 Å². The molecule has 2 heterocycles. The number of amides is 1. The van der Waals surface area contributed by atoms with Crippen LogP contribution in [0.1, 0.15) is 15.2 Å². The van der Waals surface area contributed by atoms with Crippen LogP contribution in [0.4, 0.5) is 0 Å². The molecule has 6 heteroatoms. The van der Waals surface area contributed by atoms with E-state index in [0.717, 1.165) is 16.5 Å². The van der Waals surface area contributed by atoms with Crippen LogP contribution in [-0.2, 0) is 6.54 Å². The molecule has 4 nitrogen and oxygen atoms in total. The van der Waals surface area contributed by atoms with Gasteiger partial charge in [0.2, 0.25) is 0 Å². The van der Waals surface area contributed by atoms with Crippen LogP contribution in [0.15, 0.2) is 41.9 Å². The fourth-order valence-corrected chi connectivity index (χ4v) is 3.22. The molecule has 0 fully saturated rings. The summed E-state index contributed by atoms with van der Waals surface area (Å²) >= 11 is 7.37. The average molecular weight is 306 g/mol. The molecule has 20 heavy (non-hydrogen) atoms. The number of nitrogens with two attached hydrogens (primary N) is 1. The van der Waals surface area contributed by atoms with Gasteiger partial charge in [-0.1, -0.05) is 11.6 Å². The first-order chi connectivity index (χ1) is 9.69. The Kier molecular flexibility index (Phi) is 3.48. The SMILES string of the molecule is NNC(=O)c1sccc1Cn1ccc2cc(Cl)ccc21. The summed E-state index contributed by atoms with van der Waals surface area (Å²) in [6.07, 6.45) is 1.99. The topological polar surface area (TPSA) is 60.0 Å². The van der Waals surface area contributed by atoms with Gasteiger partial charge in [0.15, 0.2) is 0 Å². The lowest BCUT2D eigenvalue weighted by Crippen LogP contribution is -2.30. The van der Waals surface area contributed by atoms with Gasteiger partial charge < -0.3 is 4.57 Å². The summed E-state index contributed by atoms with van der Waals surface area (Å²) in [4.78, 5) is 12.3. The van der Waals surface area contributed by atoms with Crippen molar-refractivity contribution >= 4 is 39.7 Å². The predicted molar refractivity (Wildman–Crippen MR) is 82.0 cm³/mol. The minimum atomic E-state index is -0.255. The van der Waals surface area contributed by atoms with Gasteiger partial charge in [0.25, 0.3) is 5.91 Å². The highest BCUT2D eigenvalue weighted by Crippen LogP contribution is 2.23. The fourth-order valence-electron chi connectivity index (χ4n) is 2.22. The lowest BCUT2D eigenvalue weighted by atomic mass is 10.2. The zero-order valence-corrected chi connectivity index (χ0v) is 12.0. The number of thiophene rings is 1. The molecule has 1 amide bonds. The van der Waals surface area contributed by atoms with Crippen molar-refractivity contribution in [3.63, 3.8) is 0 Å². The van der Waals surface area contributed by atoms with Crippen LogP contribution in [0.5, 0.6) is 0 Å². The van der Waals surface area contributed by atoms with Crippen LogP contribution < -0.4 is 11.3 Å². The Balaban J connectivity index is 1.98. The summed E-state index contributed by atoms with van der Waals surface area (Å²) in [5.74, 6) is 4.94. The number of hydrogen-bond donors (Lipinski definition) is 2. The third-order valence-electron chi connectivity index (χ3n) is 3.16. The van der Waals surface area contributed by atoms with E-state index in [-0.39, 0.29) is 5.91 Å². The van der Waals surface area contributed by atoms with E-state index in [4.69, 9.17) is 17.4 Å². The number of nitrogen functional groups attached to an aromatic ring is 1. The van der Waals surface area contributed by atoms with Gasteiger partial charge in [-0.2, -0.15) is 0 Å². The number of benzene rings is 1. The minimum absolute atomic E-state index is 0.255. The molecule has 0 spiro atoms. The van der Waals surface area contributed by atoms with Crippen molar-refractivity contribution in [3.8, 4) is 0 Å². The van der Waals surface area contributed by atoms with E-state index in [9.17, 15) is 4.79 Å². The number of halogens is 1. The molecule has 0 radical (unpaired) electrons. The summed E-state index contributed by atoms with van der Waals surface area (Å²) in [6, 6.07) is 9.72. The molecule has 2 aromatic heterocycles. The van der Waals surface area contributed by atoms with E-state index >= 15 is 0 Å². The van der Waals surface area contributed by atoms with Gasteiger partial charge in [-0.05, 0) is 41.3 Å². The Hall–Kier alpha value is -1.82. The van der Waals surface area contributed by atoms with Crippen LogP contribution in [0.2, 0.25) is 5.02 Å². The Bertz CT molecular complexity index is 778. The third kappa shape index (κ3) is 2.31. The Labute approximate surface area is 124 Å². The van der Waals surface area contributed by atoms with Gasteiger partial charge >= 0.3 is 0 Å². The number of nitrogens with one attached hydrogen (secondary N) is 1. The minimum Gasteiger partial charge on any atom is -0.343 e. The van der Waals surface area contributed by atoms with E-state index < -0.39 is 0 Å². The molecule has 0 aliphatic rings. The van der Waals surface area contributed by atoms with Crippen molar-refractivity contribution in [2.24, 2.45) is 5.84 Å². The largest absolute Gasteiger partial charge is 0.343 e. The Morgan fingerprint density at radius 3 is 3.00 bits per heavy atom. The van der Waals surface area contributed by atoms with Crippen molar-refractivity contribution in [1.82, 2.24) is 9.99 Å². The van der Waals surface area contributed by atoms with Gasteiger partial charge in [-0.15, -0.1) is 11.3 Å². The fraction of sp³-hybridized carbons (Fsp3) is 0.0714. The molecule has 102 valence electrons. The molecule has 0 aliphatic heterocycles. The molecule has 0 unspecified atom stereocenters. The number of aromatic nitrogens is 1. The molecule has 3 aromatic rings. The third-order valence-corrected chi connectivity index (χ3v) is 4.35. The number of carbonyl (C=O) groups is 1. The normalized spacial score (nSPS) is 10.9. The number of nitrogens with zero attached hydrogens (tertiary/aromatic N) is 1. The highest BCUT2D eigenvalue weighted by atomic mass is 35.5. The van der Waals surface area contributed by atoms with Crippen molar-refractivity contribution in [1.29, 1.82) is 0 Å². The molecule has 0 bridgehead atoms. The summed E-state index contributed by atoms with van der Waals surface area (Å²) in [6.45, 7) is 0.622. The molecular formula is C14H12ClN3OS. The van der Waals surface area contributed by atoms with Crippen LogP contribution in [0.3, 0.4) is 0 Å². The quantitative estimate of drug-likeness (QED) is 0.444. The van der Waals surface area contributed by atoms with Crippen LogP contribution in [0.25, 0.3) is 10.9 Å². The molecule has 0 saturated carbocycles. The smallest absolute Gasteiger partial charge is 0.275 e. The van der Waals surface area contributed by atoms with Crippen LogP contribution in [-0.4, -0.2) is 10.5 Å². The summed E-state index contributed by atoms with van der Waals surface area (Å²) in [5, 5.41) is 3.69. The zero-order chi connectivity index (χ0) is 14.1. The molecule has 1 aromatic carbocycles. The van der Waals surface area contributed by atoms with E-state index in [1.54, 1.807) is 0 Å². The number of carbonyl (C=O) groups excluding carboxylic acids is 1. The second-order valence-corrected chi connectivity index (χ2v) is 5.75. The Morgan fingerprint density at radius 1 is 1.35 bits per heavy atom. The average Bonchev–Trinajstić information content (AvgIpc) is 3.05. The first-order valence-corrected chi connectivity index (χ1v) is 7.26. The number of rotatable bonds is 3. The van der Waals surface area contributed by atoms with Gasteiger partial charge in [0.05, 0.1) is 4.88 Å². The lowest BCUT2D eigenvalue weighted by molar-refractivity contribution is 0.0957. The maximum absolute atomic E-state index is 11.7. The summed E-state index contributed by atoms with van der Waals surface area (Å²) in [7, 11) is 0. The first-order valence-electron chi connectivity index (χ1n) is 6.01. The zero-order valence-electron chi connectivity index (χ0n) is 10.5. The van der Waals surface area contributed by atoms with Crippen molar-refractivity contribution in [2.75, 3.05) is 0 Å². The van der Waals surface area contributed by atoms with Crippen LogP contribution >= 0.6 is 22.9 Å². The monoisotopic (exact) mass is 305 g/mol. The highest BCUT2D eigenvalue weighted by molar-refractivity contribution is 7.12. The molecular weight excluding hydrogens is 294 g/mol. The van der Waals surface area contributed by atoms with Gasteiger partial charge in [0, 0.05) is 28.7 Å². The number of hydrazine groups is 1. The molecule has 0 atom stereocenters. The second-order valence-electron chi connectivity index (χ2n) is 4.40.